The maximum absolute atomic E-state index is 12.6. The first-order valence-corrected chi connectivity index (χ1v) is 9.21. The van der Waals surface area contributed by atoms with Gasteiger partial charge < -0.3 is 15.4 Å². The van der Waals surface area contributed by atoms with Gasteiger partial charge in [-0.2, -0.15) is 0 Å². The molecule has 3 rings (SSSR count). The Morgan fingerprint density at radius 3 is 2.48 bits per heavy atom. The summed E-state index contributed by atoms with van der Waals surface area (Å²) in [4.78, 5) is 32.5. The monoisotopic (exact) mass is 390 g/mol. The Morgan fingerprint density at radius 1 is 1.00 bits per heavy atom. The van der Waals surface area contributed by atoms with Crippen molar-refractivity contribution in [3.8, 4) is 0 Å². The zero-order valence-corrected chi connectivity index (χ0v) is 16.5. The predicted molar refractivity (Wildman–Crippen MR) is 112 cm³/mol. The van der Waals surface area contributed by atoms with Gasteiger partial charge in [0.2, 0.25) is 0 Å². The van der Waals surface area contributed by atoms with E-state index < -0.39 is 0 Å². The van der Waals surface area contributed by atoms with Crippen LogP contribution in [0, 0.1) is 13.8 Å². The van der Waals surface area contributed by atoms with Crippen molar-refractivity contribution in [3.63, 3.8) is 0 Å². The minimum Gasteiger partial charge on any atom is -0.462 e. The summed E-state index contributed by atoms with van der Waals surface area (Å²) in [5.41, 5.74) is 4.20. The minimum absolute atomic E-state index is 0.242. The molecule has 0 radical (unpaired) electrons. The molecule has 0 aliphatic heterocycles. The van der Waals surface area contributed by atoms with Crippen LogP contribution in [0.25, 0.3) is 0 Å². The lowest BCUT2D eigenvalue weighted by Gasteiger charge is -2.10. The van der Waals surface area contributed by atoms with Gasteiger partial charge in [0.1, 0.15) is 17.8 Å². The summed E-state index contributed by atoms with van der Waals surface area (Å²) < 4.78 is 4.97. The van der Waals surface area contributed by atoms with Crippen molar-refractivity contribution in [1.29, 1.82) is 0 Å². The van der Waals surface area contributed by atoms with Gasteiger partial charge in [0.25, 0.3) is 5.91 Å². The van der Waals surface area contributed by atoms with Crippen molar-refractivity contribution < 1.29 is 14.3 Å². The van der Waals surface area contributed by atoms with Crippen molar-refractivity contribution in [1.82, 2.24) is 9.97 Å². The highest BCUT2D eigenvalue weighted by atomic mass is 16.5. The van der Waals surface area contributed by atoms with Gasteiger partial charge in [-0.3, -0.25) is 4.79 Å². The van der Waals surface area contributed by atoms with Gasteiger partial charge in [0.15, 0.2) is 0 Å². The number of anilines is 3. The third-order valence-corrected chi connectivity index (χ3v) is 4.21. The molecule has 0 unspecified atom stereocenters. The lowest BCUT2D eigenvalue weighted by molar-refractivity contribution is 0.0526. The average Bonchev–Trinajstić information content (AvgIpc) is 2.71. The summed E-state index contributed by atoms with van der Waals surface area (Å²) in [6.45, 7) is 5.99. The molecule has 0 bridgehead atoms. The average molecular weight is 390 g/mol. The molecule has 0 spiro atoms. The molecule has 3 aromatic rings. The number of aromatic nitrogens is 2. The summed E-state index contributed by atoms with van der Waals surface area (Å²) in [5, 5.41) is 5.98. The van der Waals surface area contributed by atoms with Gasteiger partial charge in [-0.05, 0) is 62.2 Å². The van der Waals surface area contributed by atoms with Crippen LogP contribution in [0.1, 0.15) is 38.9 Å². The maximum atomic E-state index is 12.6. The first-order valence-electron chi connectivity index (χ1n) is 9.21. The molecule has 7 nitrogen and oxygen atoms in total. The number of rotatable bonds is 6. The smallest absolute Gasteiger partial charge is 0.338 e. The SMILES string of the molecule is CCOC(=O)c1ccc(Nc2cc(C(=O)Nc3cc(C)ccc3C)ncn2)cc1. The number of aryl methyl sites for hydroxylation is 2. The molecule has 1 aromatic heterocycles. The summed E-state index contributed by atoms with van der Waals surface area (Å²) in [7, 11) is 0. The first-order chi connectivity index (χ1) is 14.0. The molecule has 7 heteroatoms. The van der Waals surface area contributed by atoms with Crippen molar-refractivity contribution in [2.75, 3.05) is 17.2 Å². The van der Waals surface area contributed by atoms with E-state index in [-0.39, 0.29) is 17.6 Å². The van der Waals surface area contributed by atoms with Crippen LogP contribution in [0.4, 0.5) is 17.2 Å². The summed E-state index contributed by atoms with van der Waals surface area (Å²) in [6.07, 6.45) is 1.33. The molecule has 29 heavy (non-hydrogen) atoms. The molecular formula is C22H22N4O3. The number of hydrogen-bond acceptors (Lipinski definition) is 6. The van der Waals surface area contributed by atoms with Crippen molar-refractivity contribution >= 4 is 29.1 Å². The minimum atomic E-state index is -0.369. The van der Waals surface area contributed by atoms with E-state index in [9.17, 15) is 9.59 Å². The van der Waals surface area contributed by atoms with E-state index in [1.165, 1.54) is 6.33 Å². The van der Waals surface area contributed by atoms with Gasteiger partial charge in [-0.15, -0.1) is 0 Å². The van der Waals surface area contributed by atoms with Crippen LogP contribution in [-0.2, 0) is 4.74 Å². The molecule has 2 aromatic carbocycles. The zero-order chi connectivity index (χ0) is 20.8. The highest BCUT2D eigenvalue weighted by Crippen LogP contribution is 2.19. The topological polar surface area (TPSA) is 93.2 Å². The van der Waals surface area contributed by atoms with Crippen LogP contribution in [0.3, 0.4) is 0 Å². The quantitative estimate of drug-likeness (QED) is 0.611. The van der Waals surface area contributed by atoms with Gasteiger partial charge in [0, 0.05) is 17.4 Å². The molecule has 1 heterocycles. The van der Waals surface area contributed by atoms with Gasteiger partial charge in [-0.1, -0.05) is 12.1 Å². The number of nitrogens with zero attached hydrogens (tertiary/aromatic N) is 2. The van der Waals surface area contributed by atoms with Crippen LogP contribution >= 0.6 is 0 Å². The summed E-state index contributed by atoms with van der Waals surface area (Å²) in [5.74, 6) is -0.219. The Morgan fingerprint density at radius 2 is 1.76 bits per heavy atom. The highest BCUT2D eigenvalue weighted by molar-refractivity contribution is 6.03. The van der Waals surface area contributed by atoms with Gasteiger partial charge >= 0.3 is 5.97 Å². The van der Waals surface area contributed by atoms with E-state index in [0.717, 1.165) is 22.5 Å². The van der Waals surface area contributed by atoms with E-state index in [1.54, 1.807) is 37.3 Å². The van der Waals surface area contributed by atoms with Crippen molar-refractivity contribution in [2.45, 2.75) is 20.8 Å². The second kappa shape index (κ2) is 8.97. The Hall–Kier alpha value is -3.74. The normalized spacial score (nSPS) is 10.3. The first kappa shape index (κ1) is 20.0. The fourth-order valence-corrected chi connectivity index (χ4v) is 2.66. The lowest BCUT2D eigenvalue weighted by atomic mass is 10.1. The maximum Gasteiger partial charge on any atom is 0.338 e. The molecule has 0 aliphatic rings. The second-order valence-corrected chi connectivity index (χ2v) is 6.48. The van der Waals surface area contributed by atoms with Crippen LogP contribution in [0.15, 0.2) is 54.9 Å². The fraction of sp³-hybridized carbons (Fsp3) is 0.182. The molecule has 0 saturated heterocycles. The number of hydrogen-bond donors (Lipinski definition) is 2. The lowest BCUT2D eigenvalue weighted by Crippen LogP contribution is -2.15. The van der Waals surface area contributed by atoms with Gasteiger partial charge in [-0.25, -0.2) is 14.8 Å². The third-order valence-electron chi connectivity index (χ3n) is 4.21. The molecule has 148 valence electrons. The Balaban J connectivity index is 1.71. The second-order valence-electron chi connectivity index (χ2n) is 6.48. The fourth-order valence-electron chi connectivity index (χ4n) is 2.66. The van der Waals surface area contributed by atoms with Gasteiger partial charge in [0.05, 0.1) is 12.2 Å². The summed E-state index contributed by atoms with van der Waals surface area (Å²) >= 11 is 0. The van der Waals surface area contributed by atoms with Crippen molar-refractivity contribution in [3.05, 3.63) is 77.2 Å². The van der Waals surface area contributed by atoms with Crippen LogP contribution in [-0.4, -0.2) is 28.5 Å². The predicted octanol–water partition coefficient (Wildman–Crippen LogP) is 4.27. The number of benzene rings is 2. The Bertz CT molecular complexity index is 1030. The molecule has 2 N–H and O–H groups in total. The summed E-state index contributed by atoms with van der Waals surface area (Å²) in [6, 6.07) is 14.2. The Kier molecular flexibility index (Phi) is 6.19. The molecule has 1 amide bonds. The zero-order valence-electron chi connectivity index (χ0n) is 16.5. The number of amides is 1. The highest BCUT2D eigenvalue weighted by Gasteiger charge is 2.11. The number of carbonyl (C=O) groups excluding carboxylic acids is 2. The number of ether oxygens (including phenoxy) is 1. The standard InChI is InChI=1S/C22H22N4O3/c1-4-29-22(28)16-7-9-17(10-8-16)25-20-12-19(23-13-24-20)21(27)26-18-11-14(2)5-6-15(18)3/h5-13H,4H2,1-3H3,(H,26,27)(H,23,24,25). The van der Waals surface area contributed by atoms with Crippen LogP contribution < -0.4 is 10.6 Å². The number of nitrogens with one attached hydrogen (secondary N) is 2. The van der Waals surface area contributed by atoms with E-state index in [0.29, 0.717) is 18.0 Å². The van der Waals surface area contributed by atoms with E-state index in [1.807, 2.05) is 32.0 Å². The van der Waals surface area contributed by atoms with E-state index in [4.69, 9.17) is 4.74 Å². The molecule has 0 fully saturated rings. The molecule has 0 atom stereocenters. The number of carbonyl (C=O) groups is 2. The van der Waals surface area contributed by atoms with Crippen LogP contribution in [0.2, 0.25) is 0 Å². The molecule has 0 saturated carbocycles. The third kappa shape index (κ3) is 5.16. The number of esters is 1. The molecule has 0 aliphatic carbocycles. The van der Waals surface area contributed by atoms with E-state index in [2.05, 4.69) is 20.6 Å². The van der Waals surface area contributed by atoms with E-state index >= 15 is 0 Å². The Labute approximate surface area is 169 Å². The van der Waals surface area contributed by atoms with Crippen LogP contribution in [0.5, 0.6) is 0 Å². The van der Waals surface area contributed by atoms with Crippen molar-refractivity contribution in [2.24, 2.45) is 0 Å². The largest absolute Gasteiger partial charge is 0.462 e. The molecular weight excluding hydrogens is 368 g/mol.